The van der Waals surface area contributed by atoms with E-state index in [0.717, 1.165) is 22.4 Å². The van der Waals surface area contributed by atoms with Crippen LogP contribution in [0, 0.1) is 19.7 Å². The summed E-state index contributed by atoms with van der Waals surface area (Å²) in [6.45, 7) is 9.21. The minimum Gasteiger partial charge on any atom is -0.338 e. The summed E-state index contributed by atoms with van der Waals surface area (Å²) >= 11 is 0. The van der Waals surface area contributed by atoms with E-state index in [4.69, 9.17) is 0 Å². The fourth-order valence-electron chi connectivity index (χ4n) is 3.19. The number of rotatable bonds is 5. The highest BCUT2D eigenvalue weighted by molar-refractivity contribution is 5.94. The second-order valence-electron chi connectivity index (χ2n) is 6.60. The average Bonchev–Trinajstić information content (AvgIpc) is 3.08. The predicted molar refractivity (Wildman–Crippen MR) is 106 cm³/mol. The Hall–Kier alpha value is -2.95. The highest BCUT2D eigenvalue weighted by Gasteiger charge is 2.22. The second-order valence-corrected chi connectivity index (χ2v) is 6.60. The molecule has 3 aromatic rings. The van der Waals surface area contributed by atoms with Gasteiger partial charge in [0.1, 0.15) is 11.5 Å². The zero-order valence-electron chi connectivity index (χ0n) is 16.2. The SMILES string of the molecule is CCN(CC)C(=O)c1cc(-c2ccc(F)cc2)nn1-c1ccc(C)cc1C. The lowest BCUT2D eigenvalue weighted by Crippen LogP contribution is -2.32. The number of carbonyl (C=O) groups is 1. The Kier molecular flexibility index (Phi) is 5.40. The highest BCUT2D eigenvalue weighted by Crippen LogP contribution is 2.25. The van der Waals surface area contributed by atoms with Crippen molar-refractivity contribution < 1.29 is 9.18 Å². The lowest BCUT2D eigenvalue weighted by molar-refractivity contribution is 0.0764. The van der Waals surface area contributed by atoms with Crippen molar-refractivity contribution >= 4 is 5.91 Å². The first-order valence-corrected chi connectivity index (χ1v) is 9.17. The Morgan fingerprint density at radius 2 is 1.70 bits per heavy atom. The summed E-state index contributed by atoms with van der Waals surface area (Å²) < 4.78 is 15.0. The van der Waals surface area contributed by atoms with Gasteiger partial charge < -0.3 is 4.90 Å². The quantitative estimate of drug-likeness (QED) is 0.653. The number of aryl methyl sites for hydroxylation is 2. The number of carbonyl (C=O) groups excluding carboxylic acids is 1. The third-order valence-electron chi connectivity index (χ3n) is 4.70. The molecule has 0 aliphatic heterocycles. The number of aromatic nitrogens is 2. The molecule has 140 valence electrons. The molecule has 0 N–H and O–H groups in total. The van der Waals surface area contributed by atoms with Gasteiger partial charge in [0.15, 0.2) is 0 Å². The van der Waals surface area contributed by atoms with E-state index in [-0.39, 0.29) is 11.7 Å². The van der Waals surface area contributed by atoms with Crippen LogP contribution in [0.5, 0.6) is 0 Å². The summed E-state index contributed by atoms with van der Waals surface area (Å²) in [5, 5.41) is 4.69. The Morgan fingerprint density at radius 3 is 2.30 bits per heavy atom. The van der Waals surface area contributed by atoms with Gasteiger partial charge in [-0.15, -0.1) is 0 Å². The minimum atomic E-state index is -0.299. The van der Waals surface area contributed by atoms with Crippen LogP contribution in [0.3, 0.4) is 0 Å². The monoisotopic (exact) mass is 365 g/mol. The summed E-state index contributed by atoms with van der Waals surface area (Å²) in [4.78, 5) is 14.9. The summed E-state index contributed by atoms with van der Waals surface area (Å²) in [7, 11) is 0. The average molecular weight is 365 g/mol. The summed E-state index contributed by atoms with van der Waals surface area (Å²) in [6, 6.07) is 14.0. The predicted octanol–water partition coefficient (Wildman–Crippen LogP) is 4.78. The largest absolute Gasteiger partial charge is 0.338 e. The van der Waals surface area contributed by atoms with Crippen LogP contribution < -0.4 is 0 Å². The maximum absolute atomic E-state index is 13.3. The van der Waals surface area contributed by atoms with E-state index < -0.39 is 0 Å². The molecule has 0 saturated heterocycles. The first kappa shape index (κ1) is 18.8. The fraction of sp³-hybridized carbons (Fsp3) is 0.273. The van der Waals surface area contributed by atoms with Crippen LogP contribution in [0.4, 0.5) is 4.39 Å². The lowest BCUT2D eigenvalue weighted by atomic mass is 10.1. The number of hydrogen-bond donors (Lipinski definition) is 0. The van der Waals surface area contributed by atoms with Crippen LogP contribution in [0.15, 0.2) is 48.5 Å². The molecular weight excluding hydrogens is 341 g/mol. The zero-order chi connectivity index (χ0) is 19.6. The van der Waals surface area contributed by atoms with Gasteiger partial charge in [-0.3, -0.25) is 4.79 Å². The molecule has 1 aromatic heterocycles. The van der Waals surface area contributed by atoms with Crippen molar-refractivity contribution in [1.82, 2.24) is 14.7 Å². The van der Waals surface area contributed by atoms with E-state index in [1.54, 1.807) is 27.8 Å². The van der Waals surface area contributed by atoms with Crippen molar-refractivity contribution in [2.24, 2.45) is 0 Å². The maximum atomic E-state index is 13.3. The standard InChI is InChI=1S/C22H24FN3O/c1-5-25(6-2)22(27)21-14-19(17-8-10-18(23)11-9-17)24-26(21)20-12-7-15(3)13-16(20)4/h7-14H,5-6H2,1-4H3. The molecule has 4 nitrogen and oxygen atoms in total. The van der Waals surface area contributed by atoms with Gasteiger partial charge in [-0.1, -0.05) is 17.7 Å². The summed E-state index contributed by atoms with van der Waals surface area (Å²) in [5.74, 6) is -0.368. The van der Waals surface area contributed by atoms with Gasteiger partial charge in [-0.25, -0.2) is 9.07 Å². The van der Waals surface area contributed by atoms with Crippen molar-refractivity contribution in [3.63, 3.8) is 0 Å². The smallest absolute Gasteiger partial charge is 0.272 e. The van der Waals surface area contributed by atoms with Gasteiger partial charge >= 0.3 is 0 Å². The van der Waals surface area contributed by atoms with Crippen LogP contribution in [-0.4, -0.2) is 33.7 Å². The molecule has 3 rings (SSSR count). The first-order chi connectivity index (χ1) is 12.9. The molecule has 0 radical (unpaired) electrons. The molecule has 0 aliphatic carbocycles. The van der Waals surface area contributed by atoms with Crippen molar-refractivity contribution in [3.8, 4) is 16.9 Å². The van der Waals surface area contributed by atoms with E-state index in [0.29, 0.717) is 24.5 Å². The molecule has 0 unspecified atom stereocenters. The third-order valence-corrected chi connectivity index (χ3v) is 4.70. The van der Waals surface area contributed by atoms with Gasteiger partial charge in [-0.2, -0.15) is 5.10 Å². The van der Waals surface area contributed by atoms with Crippen LogP contribution in [0.1, 0.15) is 35.5 Å². The normalized spacial score (nSPS) is 10.9. The third kappa shape index (κ3) is 3.77. The summed E-state index contributed by atoms with van der Waals surface area (Å²) in [5.41, 5.74) is 4.98. The van der Waals surface area contributed by atoms with Crippen molar-refractivity contribution in [2.75, 3.05) is 13.1 Å². The van der Waals surface area contributed by atoms with Gasteiger partial charge in [-0.05, 0) is 69.7 Å². The Morgan fingerprint density at radius 1 is 1.04 bits per heavy atom. The Balaban J connectivity index is 2.17. The molecule has 0 atom stereocenters. The molecule has 0 spiro atoms. The van der Waals surface area contributed by atoms with E-state index in [2.05, 4.69) is 11.2 Å². The van der Waals surface area contributed by atoms with Gasteiger partial charge in [0, 0.05) is 18.7 Å². The number of benzene rings is 2. The highest BCUT2D eigenvalue weighted by atomic mass is 19.1. The van der Waals surface area contributed by atoms with Crippen LogP contribution in [-0.2, 0) is 0 Å². The molecule has 0 saturated carbocycles. The molecule has 27 heavy (non-hydrogen) atoms. The number of nitrogens with zero attached hydrogens (tertiary/aromatic N) is 3. The molecule has 2 aromatic carbocycles. The fourth-order valence-corrected chi connectivity index (χ4v) is 3.19. The molecular formula is C22H24FN3O. The van der Waals surface area contributed by atoms with Crippen molar-refractivity contribution in [2.45, 2.75) is 27.7 Å². The lowest BCUT2D eigenvalue weighted by Gasteiger charge is -2.19. The number of amides is 1. The Labute approximate surface area is 159 Å². The topological polar surface area (TPSA) is 38.1 Å². The molecule has 5 heteroatoms. The molecule has 0 fully saturated rings. The van der Waals surface area contributed by atoms with Crippen molar-refractivity contribution in [3.05, 3.63) is 71.2 Å². The zero-order valence-corrected chi connectivity index (χ0v) is 16.2. The maximum Gasteiger partial charge on any atom is 0.272 e. The Bertz CT molecular complexity index is 956. The van der Waals surface area contributed by atoms with Crippen molar-refractivity contribution in [1.29, 1.82) is 0 Å². The van der Waals surface area contributed by atoms with E-state index in [1.807, 2.05) is 39.8 Å². The van der Waals surface area contributed by atoms with Gasteiger partial charge in [0.2, 0.25) is 0 Å². The second kappa shape index (κ2) is 7.74. The van der Waals surface area contributed by atoms with E-state index in [1.165, 1.54) is 12.1 Å². The molecule has 1 heterocycles. The van der Waals surface area contributed by atoms with Gasteiger partial charge in [0.05, 0.1) is 11.4 Å². The molecule has 0 bridgehead atoms. The van der Waals surface area contributed by atoms with Crippen LogP contribution in [0.25, 0.3) is 16.9 Å². The number of hydrogen-bond acceptors (Lipinski definition) is 2. The molecule has 0 aliphatic rings. The summed E-state index contributed by atoms with van der Waals surface area (Å²) in [6.07, 6.45) is 0. The van der Waals surface area contributed by atoms with Gasteiger partial charge in [0.25, 0.3) is 5.91 Å². The molecule has 1 amide bonds. The van der Waals surface area contributed by atoms with Crippen LogP contribution in [0.2, 0.25) is 0 Å². The number of halogens is 1. The van der Waals surface area contributed by atoms with E-state index in [9.17, 15) is 9.18 Å². The minimum absolute atomic E-state index is 0.0687. The van der Waals surface area contributed by atoms with Crippen LogP contribution >= 0.6 is 0 Å². The van der Waals surface area contributed by atoms with E-state index >= 15 is 0 Å². The first-order valence-electron chi connectivity index (χ1n) is 9.17.